The fourth-order valence-corrected chi connectivity index (χ4v) is 2.18. The number of allylic oxidation sites excluding steroid dienone is 1. The first-order valence-electron chi connectivity index (χ1n) is 8.12. The molecule has 0 atom stereocenters. The maximum absolute atomic E-state index is 5.37. The topological polar surface area (TPSA) is 64.1 Å². The molecule has 0 aliphatic carbocycles. The number of nitrogens with one attached hydrogen (secondary N) is 2. The fraction of sp³-hybridized carbons (Fsp3) is 0.500. The van der Waals surface area contributed by atoms with Crippen LogP contribution in [0.4, 0.5) is 0 Å². The van der Waals surface area contributed by atoms with Crippen molar-refractivity contribution in [2.45, 2.75) is 26.8 Å². The van der Waals surface area contributed by atoms with E-state index in [4.69, 9.17) is 14.2 Å². The second kappa shape index (κ2) is 13.6. The second-order valence-electron chi connectivity index (χ2n) is 5.01. The molecule has 0 saturated carbocycles. The number of halogens is 1. The molecule has 2 N–H and O–H groups in total. The van der Waals surface area contributed by atoms with Crippen molar-refractivity contribution >= 4 is 29.9 Å². The molecule has 0 amide bonds. The van der Waals surface area contributed by atoms with Gasteiger partial charge in [-0.1, -0.05) is 12.2 Å². The van der Waals surface area contributed by atoms with Gasteiger partial charge in [-0.15, -0.1) is 24.0 Å². The van der Waals surface area contributed by atoms with Crippen molar-refractivity contribution in [1.29, 1.82) is 0 Å². The van der Waals surface area contributed by atoms with E-state index in [9.17, 15) is 0 Å². The molecule has 1 rings (SSSR count). The molecule has 0 unspecified atom stereocenters. The predicted molar refractivity (Wildman–Crippen MR) is 114 cm³/mol. The molecule has 1 aromatic rings. The Balaban J connectivity index is 0.00000576. The van der Waals surface area contributed by atoms with Crippen molar-refractivity contribution in [3.63, 3.8) is 0 Å². The van der Waals surface area contributed by atoms with Crippen LogP contribution in [0, 0.1) is 0 Å². The number of benzene rings is 1. The highest BCUT2D eigenvalue weighted by atomic mass is 127. The molecule has 6 nitrogen and oxygen atoms in total. The molecule has 0 aromatic heterocycles. The van der Waals surface area contributed by atoms with Crippen LogP contribution >= 0.6 is 24.0 Å². The minimum Gasteiger partial charge on any atom is -0.493 e. The van der Waals surface area contributed by atoms with E-state index >= 15 is 0 Å². The molecule has 0 heterocycles. The number of nitrogens with zero attached hydrogens (tertiary/aromatic N) is 1. The maximum Gasteiger partial charge on any atom is 0.203 e. The zero-order valence-corrected chi connectivity index (χ0v) is 18.0. The van der Waals surface area contributed by atoms with Crippen LogP contribution in [0.25, 0.3) is 0 Å². The first-order valence-corrected chi connectivity index (χ1v) is 8.12. The number of guanidine groups is 1. The summed E-state index contributed by atoms with van der Waals surface area (Å²) in [5, 5.41) is 6.54. The number of ether oxygens (including phenoxy) is 3. The summed E-state index contributed by atoms with van der Waals surface area (Å²) in [6.07, 6.45) is 5.13. The van der Waals surface area contributed by atoms with Crippen LogP contribution in [0.15, 0.2) is 29.3 Å². The van der Waals surface area contributed by atoms with Gasteiger partial charge >= 0.3 is 0 Å². The number of hydrogen-bond acceptors (Lipinski definition) is 4. The second-order valence-corrected chi connectivity index (χ2v) is 5.01. The van der Waals surface area contributed by atoms with Crippen molar-refractivity contribution in [3.8, 4) is 17.2 Å². The summed E-state index contributed by atoms with van der Waals surface area (Å²) in [6, 6.07) is 3.82. The quantitative estimate of drug-likeness (QED) is 0.193. The Kier molecular flexibility index (Phi) is 12.7. The van der Waals surface area contributed by atoms with E-state index in [0.717, 1.165) is 31.0 Å². The van der Waals surface area contributed by atoms with Crippen LogP contribution in [0.1, 0.15) is 25.8 Å². The lowest BCUT2D eigenvalue weighted by atomic mass is 10.2. The van der Waals surface area contributed by atoms with Gasteiger partial charge < -0.3 is 24.8 Å². The minimum atomic E-state index is 0. The van der Waals surface area contributed by atoms with Crippen molar-refractivity contribution in [2.24, 2.45) is 4.99 Å². The molecule has 0 spiro atoms. The maximum atomic E-state index is 5.37. The smallest absolute Gasteiger partial charge is 0.203 e. The van der Waals surface area contributed by atoms with Gasteiger partial charge in [0.2, 0.25) is 5.75 Å². The highest BCUT2D eigenvalue weighted by molar-refractivity contribution is 14.0. The van der Waals surface area contributed by atoms with Gasteiger partial charge in [0.05, 0.1) is 27.9 Å². The number of methoxy groups -OCH3 is 3. The highest BCUT2D eigenvalue weighted by Gasteiger charge is 2.13. The van der Waals surface area contributed by atoms with E-state index in [1.807, 2.05) is 32.1 Å². The summed E-state index contributed by atoms with van der Waals surface area (Å²) in [5.74, 6) is 2.64. The molecule has 1 aromatic carbocycles. The molecule has 0 bridgehead atoms. The third-order valence-electron chi connectivity index (χ3n) is 3.33. The molecule has 0 aliphatic heterocycles. The van der Waals surface area contributed by atoms with E-state index in [1.54, 1.807) is 21.3 Å². The number of hydrogen-bond donors (Lipinski definition) is 2. The Hall–Kier alpha value is -1.64. The first kappa shape index (κ1) is 23.4. The summed E-state index contributed by atoms with van der Waals surface area (Å²) in [4.78, 5) is 4.61. The number of aliphatic imine (C=N–C) groups is 1. The summed E-state index contributed by atoms with van der Waals surface area (Å²) < 4.78 is 16.1. The van der Waals surface area contributed by atoms with Crippen molar-refractivity contribution in [3.05, 3.63) is 29.8 Å². The van der Waals surface area contributed by atoms with Gasteiger partial charge in [0.25, 0.3) is 0 Å². The van der Waals surface area contributed by atoms with Crippen molar-refractivity contribution in [2.75, 3.05) is 34.4 Å². The minimum absolute atomic E-state index is 0. The van der Waals surface area contributed by atoms with Crippen molar-refractivity contribution in [1.82, 2.24) is 10.6 Å². The van der Waals surface area contributed by atoms with Gasteiger partial charge in [-0.25, -0.2) is 4.99 Å². The van der Waals surface area contributed by atoms with Gasteiger partial charge in [0, 0.05) is 13.1 Å². The van der Waals surface area contributed by atoms with Gasteiger partial charge in [-0.05, 0) is 38.0 Å². The van der Waals surface area contributed by atoms with Crippen LogP contribution in [0.3, 0.4) is 0 Å². The summed E-state index contributed by atoms with van der Waals surface area (Å²) >= 11 is 0. The Bertz CT molecular complexity index is 537. The average molecular weight is 463 g/mol. The third-order valence-corrected chi connectivity index (χ3v) is 3.33. The molecule has 25 heavy (non-hydrogen) atoms. The van der Waals surface area contributed by atoms with E-state index in [-0.39, 0.29) is 24.0 Å². The van der Waals surface area contributed by atoms with Gasteiger partial charge in [0.15, 0.2) is 17.5 Å². The Morgan fingerprint density at radius 1 is 1.08 bits per heavy atom. The predicted octanol–water partition coefficient (Wildman–Crippen LogP) is 3.35. The van der Waals surface area contributed by atoms with Gasteiger partial charge in [-0.2, -0.15) is 0 Å². The van der Waals surface area contributed by atoms with Crippen LogP contribution in [-0.4, -0.2) is 40.4 Å². The summed E-state index contributed by atoms with van der Waals surface area (Å²) in [5.41, 5.74) is 0.982. The summed E-state index contributed by atoms with van der Waals surface area (Å²) in [6.45, 7) is 6.22. The van der Waals surface area contributed by atoms with Crippen LogP contribution in [0.5, 0.6) is 17.2 Å². The molecule has 0 aliphatic rings. The molecule has 0 fully saturated rings. The zero-order valence-electron chi connectivity index (χ0n) is 15.7. The van der Waals surface area contributed by atoms with Crippen LogP contribution in [0.2, 0.25) is 0 Å². The SMILES string of the molecule is CC=CCCNC(=NCc1cc(OC)c(OC)c(OC)c1)NCC.I. The molecule has 142 valence electrons. The Labute approximate surface area is 168 Å². The standard InChI is InChI=1S/C18H29N3O3.HI/c1-6-8-9-10-20-18(19-7-2)21-13-14-11-15(22-3)17(24-5)16(12-14)23-4;/h6,8,11-12H,7,9-10,13H2,1-5H3,(H2,19,20,21);1H. The molecular weight excluding hydrogens is 433 g/mol. The normalized spacial score (nSPS) is 11.0. The molecular formula is C18H30IN3O3. The summed E-state index contributed by atoms with van der Waals surface area (Å²) in [7, 11) is 4.81. The highest BCUT2D eigenvalue weighted by Crippen LogP contribution is 2.38. The van der Waals surface area contributed by atoms with E-state index in [1.165, 1.54) is 0 Å². The monoisotopic (exact) mass is 463 g/mol. The Morgan fingerprint density at radius 2 is 1.72 bits per heavy atom. The van der Waals surface area contributed by atoms with Gasteiger partial charge in [0.1, 0.15) is 0 Å². The third kappa shape index (κ3) is 7.85. The van der Waals surface area contributed by atoms with E-state index in [0.29, 0.717) is 23.8 Å². The largest absolute Gasteiger partial charge is 0.493 e. The zero-order chi connectivity index (χ0) is 17.8. The van der Waals surface area contributed by atoms with Crippen LogP contribution < -0.4 is 24.8 Å². The lowest BCUT2D eigenvalue weighted by Gasteiger charge is -2.14. The van der Waals surface area contributed by atoms with Crippen LogP contribution in [-0.2, 0) is 6.54 Å². The lowest BCUT2D eigenvalue weighted by Crippen LogP contribution is -2.37. The van der Waals surface area contributed by atoms with E-state index in [2.05, 4.69) is 21.7 Å². The van der Waals surface area contributed by atoms with Crippen molar-refractivity contribution < 1.29 is 14.2 Å². The lowest BCUT2D eigenvalue weighted by molar-refractivity contribution is 0.324. The first-order chi connectivity index (χ1) is 11.7. The molecule has 0 saturated heterocycles. The van der Waals surface area contributed by atoms with Gasteiger partial charge in [-0.3, -0.25) is 0 Å². The molecule has 0 radical (unpaired) electrons. The molecule has 7 heteroatoms. The fourth-order valence-electron chi connectivity index (χ4n) is 2.18. The Morgan fingerprint density at radius 3 is 2.20 bits per heavy atom. The average Bonchev–Trinajstić information content (AvgIpc) is 2.61. The number of rotatable bonds is 9. The van der Waals surface area contributed by atoms with E-state index < -0.39 is 0 Å².